The molecule has 36 heavy (non-hydrogen) atoms. The first-order chi connectivity index (χ1) is 17.2. The lowest BCUT2D eigenvalue weighted by atomic mass is 10.1. The number of rotatable bonds is 7. The number of nitro groups is 1. The molecule has 1 N–H and O–H groups in total. The minimum absolute atomic E-state index is 0.180. The molecule has 0 saturated heterocycles. The highest BCUT2D eigenvalue weighted by Gasteiger charge is 2.42. The van der Waals surface area contributed by atoms with Crippen molar-refractivity contribution in [3.63, 3.8) is 0 Å². The summed E-state index contributed by atoms with van der Waals surface area (Å²) in [5, 5.41) is 13.6. The van der Waals surface area contributed by atoms with Gasteiger partial charge in [0.1, 0.15) is 6.04 Å². The van der Waals surface area contributed by atoms with Crippen LogP contribution >= 0.6 is 15.9 Å². The second-order valence-corrected chi connectivity index (χ2v) is 8.69. The number of hydrogen-bond acceptors (Lipinski definition) is 7. The molecule has 0 saturated carbocycles. The number of halogens is 1. The van der Waals surface area contributed by atoms with Crippen LogP contribution in [0.4, 0.5) is 11.4 Å². The molecule has 4 rings (SSSR count). The van der Waals surface area contributed by atoms with Gasteiger partial charge in [-0.3, -0.25) is 29.4 Å². The Bertz CT molecular complexity index is 1360. The highest BCUT2D eigenvalue weighted by Crippen LogP contribution is 2.30. The van der Waals surface area contributed by atoms with Crippen LogP contribution in [0.3, 0.4) is 0 Å². The van der Waals surface area contributed by atoms with Crippen molar-refractivity contribution in [2.45, 2.75) is 19.1 Å². The van der Waals surface area contributed by atoms with Crippen molar-refractivity contribution in [1.82, 2.24) is 4.90 Å². The van der Waals surface area contributed by atoms with Gasteiger partial charge in [-0.05, 0) is 41.1 Å². The Morgan fingerprint density at radius 2 is 1.56 bits per heavy atom. The minimum atomic E-state index is -1.43. The summed E-state index contributed by atoms with van der Waals surface area (Å²) in [4.78, 5) is 63.0. The smallest absolute Gasteiger partial charge is 0.330 e. The zero-order valence-electron chi connectivity index (χ0n) is 18.7. The number of benzene rings is 3. The Morgan fingerprint density at radius 3 is 2.11 bits per heavy atom. The van der Waals surface area contributed by atoms with Crippen LogP contribution in [0.2, 0.25) is 0 Å². The van der Waals surface area contributed by atoms with Crippen molar-refractivity contribution < 1.29 is 28.8 Å². The van der Waals surface area contributed by atoms with E-state index in [0.717, 1.165) is 4.90 Å². The Kier molecular flexibility index (Phi) is 6.93. The second-order valence-electron chi connectivity index (χ2n) is 7.84. The van der Waals surface area contributed by atoms with Gasteiger partial charge in [-0.15, -0.1) is 0 Å². The van der Waals surface area contributed by atoms with Crippen molar-refractivity contribution >= 4 is 51.0 Å². The number of esters is 1. The molecule has 0 aliphatic carbocycles. The normalized spacial score (nSPS) is 14.1. The Balaban J connectivity index is 1.57. The number of carbonyl (C=O) groups excluding carboxylic acids is 4. The fraction of sp³-hybridized carbons (Fsp3) is 0.120. The molecule has 0 radical (unpaired) electrons. The number of carbonyl (C=O) groups is 4. The molecule has 3 aromatic carbocycles. The number of hydrogen-bond donors (Lipinski definition) is 1. The summed E-state index contributed by atoms with van der Waals surface area (Å²) in [5.41, 5.74) is 0.748. The lowest BCUT2D eigenvalue weighted by Gasteiger charge is -2.24. The molecule has 182 valence electrons. The molecule has 0 spiro atoms. The fourth-order valence-electron chi connectivity index (χ4n) is 3.70. The van der Waals surface area contributed by atoms with Gasteiger partial charge in [-0.1, -0.05) is 42.5 Å². The van der Waals surface area contributed by atoms with E-state index in [1.165, 1.54) is 37.3 Å². The van der Waals surface area contributed by atoms with Crippen molar-refractivity contribution in [3.8, 4) is 0 Å². The van der Waals surface area contributed by atoms with Crippen molar-refractivity contribution in [1.29, 1.82) is 0 Å². The van der Waals surface area contributed by atoms with Crippen molar-refractivity contribution in [3.05, 3.63) is 104 Å². The average Bonchev–Trinajstić information content (AvgIpc) is 3.13. The number of ether oxygens (including phenoxy) is 1. The predicted molar refractivity (Wildman–Crippen MR) is 131 cm³/mol. The van der Waals surface area contributed by atoms with E-state index in [9.17, 15) is 29.3 Å². The molecule has 1 aliphatic rings. The van der Waals surface area contributed by atoms with Crippen LogP contribution in [0, 0.1) is 10.1 Å². The standard InChI is InChI=1S/C25H18BrN3O7/c1-14(28-23(31)17-9-5-6-10-18(17)24(28)32)25(33)36-21(15-7-3-2-4-8-15)22(30)27-20-12-11-16(29(34)35)13-19(20)26/h2-14,21H,1H3,(H,27,30)/t14-,21+/m1/s1. The molecule has 10 nitrogen and oxygen atoms in total. The van der Waals surface area contributed by atoms with Gasteiger partial charge >= 0.3 is 5.97 Å². The van der Waals surface area contributed by atoms with E-state index in [4.69, 9.17) is 4.74 Å². The second kappa shape index (κ2) is 10.1. The van der Waals surface area contributed by atoms with Crippen LogP contribution in [0.25, 0.3) is 0 Å². The molecule has 2 atom stereocenters. The van der Waals surface area contributed by atoms with E-state index >= 15 is 0 Å². The number of nitrogens with one attached hydrogen (secondary N) is 1. The lowest BCUT2D eigenvalue weighted by Crippen LogP contribution is -2.44. The summed E-state index contributed by atoms with van der Waals surface area (Å²) in [7, 11) is 0. The van der Waals surface area contributed by atoms with Gasteiger partial charge in [0.15, 0.2) is 0 Å². The van der Waals surface area contributed by atoms with Gasteiger partial charge in [-0.25, -0.2) is 4.79 Å². The molecule has 0 unspecified atom stereocenters. The first-order valence-corrected chi connectivity index (χ1v) is 11.5. The van der Waals surface area contributed by atoms with Crippen LogP contribution in [0.5, 0.6) is 0 Å². The molecular weight excluding hydrogens is 534 g/mol. The first-order valence-electron chi connectivity index (χ1n) is 10.7. The maximum absolute atomic E-state index is 13.2. The van der Waals surface area contributed by atoms with Gasteiger partial charge in [0, 0.05) is 22.2 Å². The maximum atomic E-state index is 13.2. The molecular formula is C25H18BrN3O7. The summed E-state index contributed by atoms with van der Waals surface area (Å²) < 4.78 is 5.77. The fourth-order valence-corrected chi connectivity index (χ4v) is 4.16. The van der Waals surface area contributed by atoms with E-state index in [1.807, 2.05) is 0 Å². The molecule has 1 heterocycles. The number of anilines is 1. The summed E-state index contributed by atoms with van der Waals surface area (Å²) in [6, 6.07) is 16.9. The van der Waals surface area contributed by atoms with Crippen LogP contribution in [0.15, 0.2) is 77.3 Å². The monoisotopic (exact) mass is 551 g/mol. The molecule has 1 aliphatic heterocycles. The van der Waals surface area contributed by atoms with Gasteiger partial charge in [0.25, 0.3) is 23.4 Å². The van der Waals surface area contributed by atoms with Crippen LogP contribution in [-0.4, -0.2) is 39.6 Å². The van der Waals surface area contributed by atoms with Crippen LogP contribution in [0.1, 0.15) is 39.3 Å². The van der Waals surface area contributed by atoms with Crippen molar-refractivity contribution in [2.75, 3.05) is 5.32 Å². The molecule has 0 bridgehead atoms. The van der Waals surface area contributed by atoms with Gasteiger partial charge in [0.2, 0.25) is 6.10 Å². The van der Waals surface area contributed by atoms with Gasteiger partial charge < -0.3 is 10.1 Å². The Morgan fingerprint density at radius 1 is 0.972 bits per heavy atom. The van der Waals surface area contributed by atoms with Crippen molar-refractivity contribution in [2.24, 2.45) is 0 Å². The number of non-ortho nitro benzene ring substituents is 1. The molecule has 3 amide bonds. The largest absolute Gasteiger partial charge is 0.446 e. The number of fused-ring (bicyclic) bond motifs is 1. The zero-order chi connectivity index (χ0) is 26.0. The van der Waals surface area contributed by atoms with E-state index in [0.29, 0.717) is 5.56 Å². The van der Waals surface area contributed by atoms with Gasteiger partial charge in [0.05, 0.1) is 21.7 Å². The third kappa shape index (κ3) is 4.73. The van der Waals surface area contributed by atoms with E-state index < -0.39 is 40.8 Å². The zero-order valence-corrected chi connectivity index (χ0v) is 20.3. The summed E-state index contributed by atoms with van der Waals surface area (Å²) in [6.07, 6.45) is -1.43. The highest BCUT2D eigenvalue weighted by atomic mass is 79.9. The molecule has 11 heteroatoms. The van der Waals surface area contributed by atoms with Crippen LogP contribution < -0.4 is 5.32 Å². The SMILES string of the molecule is C[C@H](C(=O)O[C@H](C(=O)Nc1ccc([N+](=O)[O-])cc1Br)c1ccccc1)N1C(=O)c2ccccc2C1=O. The van der Waals surface area contributed by atoms with Gasteiger partial charge in [-0.2, -0.15) is 0 Å². The van der Waals surface area contributed by atoms with E-state index in [-0.39, 0.29) is 27.0 Å². The summed E-state index contributed by atoms with van der Waals surface area (Å²) in [5.74, 6) is -2.96. The number of imide groups is 1. The lowest BCUT2D eigenvalue weighted by molar-refractivity contribution is -0.384. The molecule has 3 aromatic rings. The van der Waals surface area contributed by atoms with Crippen LogP contribution in [-0.2, 0) is 14.3 Å². The average molecular weight is 552 g/mol. The maximum Gasteiger partial charge on any atom is 0.330 e. The molecule has 0 aromatic heterocycles. The van der Waals surface area contributed by atoms with E-state index in [2.05, 4.69) is 21.2 Å². The summed E-state index contributed by atoms with van der Waals surface area (Å²) in [6.45, 7) is 1.34. The topological polar surface area (TPSA) is 136 Å². The Labute approximate surface area is 213 Å². The Hall–Kier alpha value is -4.38. The number of amides is 3. The minimum Gasteiger partial charge on any atom is -0.446 e. The number of nitro benzene ring substituents is 1. The molecule has 0 fully saturated rings. The quantitative estimate of drug-likeness (QED) is 0.200. The third-order valence-corrected chi connectivity index (χ3v) is 6.21. The first kappa shape index (κ1) is 24.7. The van der Waals surface area contributed by atoms with E-state index in [1.54, 1.807) is 42.5 Å². The highest BCUT2D eigenvalue weighted by molar-refractivity contribution is 9.10. The third-order valence-electron chi connectivity index (χ3n) is 5.55. The number of nitrogens with zero attached hydrogens (tertiary/aromatic N) is 2. The summed E-state index contributed by atoms with van der Waals surface area (Å²) >= 11 is 3.19. The predicted octanol–water partition coefficient (Wildman–Crippen LogP) is 4.27.